The van der Waals surface area contributed by atoms with Crippen LogP contribution in [-0.2, 0) is 6.42 Å². The van der Waals surface area contributed by atoms with Crippen LogP contribution in [0.4, 0.5) is 4.39 Å². The molecule has 0 unspecified atom stereocenters. The molecular formula is C11H13FN4O. The quantitative estimate of drug-likeness (QED) is 0.797. The van der Waals surface area contributed by atoms with Crippen LogP contribution in [0.3, 0.4) is 0 Å². The molecule has 0 bridgehead atoms. The molecule has 6 heteroatoms. The summed E-state index contributed by atoms with van der Waals surface area (Å²) in [5.74, 6) is 0.549. The molecule has 0 aliphatic carbocycles. The van der Waals surface area contributed by atoms with Crippen molar-refractivity contribution >= 4 is 0 Å². The van der Waals surface area contributed by atoms with Gasteiger partial charge in [-0.15, -0.1) is 0 Å². The second-order valence-electron chi connectivity index (χ2n) is 3.62. The maximum atomic E-state index is 12.7. The van der Waals surface area contributed by atoms with Crippen LogP contribution in [0, 0.1) is 5.82 Å². The Labute approximate surface area is 97.9 Å². The monoisotopic (exact) mass is 236 g/mol. The molecule has 0 fully saturated rings. The summed E-state index contributed by atoms with van der Waals surface area (Å²) >= 11 is 0. The molecule has 2 aromatic heterocycles. The van der Waals surface area contributed by atoms with E-state index in [9.17, 15) is 4.39 Å². The number of hydrogen-bond acceptors (Lipinski definition) is 5. The number of aryl methyl sites for hydroxylation is 1. The van der Waals surface area contributed by atoms with Gasteiger partial charge in [0.05, 0.1) is 6.20 Å². The number of nitrogens with zero attached hydrogens (tertiary/aromatic N) is 3. The molecule has 0 spiro atoms. The predicted molar refractivity (Wildman–Crippen MR) is 59.5 cm³/mol. The van der Waals surface area contributed by atoms with E-state index < -0.39 is 0 Å². The Morgan fingerprint density at radius 2 is 2.18 bits per heavy atom. The first-order valence-corrected chi connectivity index (χ1v) is 5.44. The lowest BCUT2D eigenvalue weighted by Crippen LogP contribution is -1.99. The molecule has 0 amide bonds. The highest BCUT2D eigenvalue weighted by Gasteiger charge is 2.09. The van der Waals surface area contributed by atoms with Gasteiger partial charge in [-0.3, -0.25) is 0 Å². The lowest BCUT2D eigenvalue weighted by atomic mass is 10.2. The van der Waals surface area contributed by atoms with E-state index in [2.05, 4.69) is 15.1 Å². The summed E-state index contributed by atoms with van der Waals surface area (Å²) in [5, 5.41) is 3.79. The van der Waals surface area contributed by atoms with Crippen LogP contribution in [-0.4, -0.2) is 21.7 Å². The zero-order valence-corrected chi connectivity index (χ0v) is 9.27. The third-order valence-corrected chi connectivity index (χ3v) is 2.27. The van der Waals surface area contributed by atoms with Crippen LogP contribution in [0.5, 0.6) is 0 Å². The lowest BCUT2D eigenvalue weighted by Gasteiger charge is -1.92. The molecule has 0 aliphatic heterocycles. The van der Waals surface area contributed by atoms with Crippen molar-refractivity contribution in [3.8, 4) is 11.5 Å². The second-order valence-corrected chi connectivity index (χ2v) is 3.62. The molecule has 0 aliphatic rings. The average molecular weight is 236 g/mol. The normalized spacial score (nSPS) is 10.7. The number of halogens is 1. The van der Waals surface area contributed by atoms with E-state index in [0.717, 1.165) is 19.0 Å². The van der Waals surface area contributed by atoms with E-state index in [1.807, 2.05) is 0 Å². The van der Waals surface area contributed by atoms with Gasteiger partial charge in [0, 0.05) is 6.42 Å². The van der Waals surface area contributed by atoms with Crippen molar-refractivity contribution in [2.24, 2.45) is 5.73 Å². The SMILES string of the molecule is NCCCCc1nc(-c2ccc(F)cn2)no1. The van der Waals surface area contributed by atoms with E-state index in [1.165, 1.54) is 12.1 Å². The molecule has 2 rings (SSSR count). The van der Waals surface area contributed by atoms with Gasteiger partial charge in [0.15, 0.2) is 0 Å². The number of pyridine rings is 1. The van der Waals surface area contributed by atoms with Crippen LogP contribution >= 0.6 is 0 Å². The summed E-state index contributed by atoms with van der Waals surface area (Å²) in [6.07, 6.45) is 3.66. The summed E-state index contributed by atoms with van der Waals surface area (Å²) in [4.78, 5) is 8.06. The maximum absolute atomic E-state index is 12.7. The average Bonchev–Trinajstić information content (AvgIpc) is 2.79. The van der Waals surface area contributed by atoms with Gasteiger partial charge < -0.3 is 10.3 Å². The molecule has 0 saturated carbocycles. The third kappa shape index (κ3) is 3.07. The molecule has 5 nitrogen and oxygen atoms in total. The van der Waals surface area contributed by atoms with Crippen molar-refractivity contribution in [1.82, 2.24) is 15.1 Å². The number of aromatic nitrogens is 3. The zero-order valence-electron chi connectivity index (χ0n) is 9.27. The minimum Gasteiger partial charge on any atom is -0.339 e. The van der Waals surface area contributed by atoms with Crippen LogP contribution in [0.25, 0.3) is 11.5 Å². The molecule has 0 saturated heterocycles. The summed E-state index contributed by atoms with van der Waals surface area (Å²) in [5.41, 5.74) is 5.89. The van der Waals surface area contributed by atoms with E-state index in [4.69, 9.17) is 10.3 Å². The number of hydrogen-bond donors (Lipinski definition) is 1. The Morgan fingerprint density at radius 1 is 1.29 bits per heavy atom. The van der Waals surface area contributed by atoms with Crippen molar-refractivity contribution in [3.63, 3.8) is 0 Å². The second kappa shape index (κ2) is 5.49. The fourth-order valence-electron chi connectivity index (χ4n) is 1.39. The summed E-state index contributed by atoms with van der Waals surface area (Å²) < 4.78 is 17.7. The first-order valence-electron chi connectivity index (χ1n) is 5.44. The predicted octanol–water partition coefficient (Wildman–Crippen LogP) is 1.55. The minimum absolute atomic E-state index is 0.382. The van der Waals surface area contributed by atoms with Gasteiger partial charge in [-0.2, -0.15) is 4.98 Å². The van der Waals surface area contributed by atoms with Crippen molar-refractivity contribution in [1.29, 1.82) is 0 Å². The Morgan fingerprint density at radius 3 is 2.88 bits per heavy atom. The molecule has 0 radical (unpaired) electrons. The Hall–Kier alpha value is -1.82. The zero-order chi connectivity index (χ0) is 12.1. The molecule has 2 aromatic rings. The Kier molecular flexibility index (Phi) is 3.77. The van der Waals surface area contributed by atoms with Gasteiger partial charge in [-0.25, -0.2) is 9.37 Å². The molecule has 2 N–H and O–H groups in total. The van der Waals surface area contributed by atoms with Crippen LogP contribution in [0.15, 0.2) is 22.9 Å². The standard InChI is InChI=1S/C11H13FN4O/c12-8-4-5-9(14-7-8)11-15-10(17-16-11)3-1-2-6-13/h4-5,7H,1-3,6,13H2. The fraction of sp³-hybridized carbons (Fsp3) is 0.364. The summed E-state index contributed by atoms with van der Waals surface area (Å²) in [6.45, 7) is 0.653. The first kappa shape index (κ1) is 11.7. The van der Waals surface area contributed by atoms with Crippen molar-refractivity contribution < 1.29 is 8.91 Å². The topological polar surface area (TPSA) is 77.8 Å². The number of unbranched alkanes of at least 4 members (excludes halogenated alkanes) is 1. The van der Waals surface area contributed by atoms with Gasteiger partial charge in [-0.05, 0) is 31.5 Å². The smallest absolute Gasteiger partial charge is 0.227 e. The number of nitrogens with two attached hydrogens (primary N) is 1. The van der Waals surface area contributed by atoms with E-state index in [-0.39, 0.29) is 5.82 Å². The molecule has 0 aromatic carbocycles. The molecule has 90 valence electrons. The highest BCUT2D eigenvalue weighted by Crippen LogP contribution is 2.13. The maximum Gasteiger partial charge on any atom is 0.227 e. The summed E-state index contributed by atoms with van der Waals surface area (Å²) in [6, 6.07) is 2.83. The minimum atomic E-state index is -0.389. The first-order chi connectivity index (χ1) is 8.29. The summed E-state index contributed by atoms with van der Waals surface area (Å²) in [7, 11) is 0. The van der Waals surface area contributed by atoms with Crippen LogP contribution in [0.2, 0.25) is 0 Å². The number of rotatable bonds is 5. The highest BCUT2D eigenvalue weighted by atomic mass is 19.1. The van der Waals surface area contributed by atoms with Crippen LogP contribution in [0.1, 0.15) is 18.7 Å². The third-order valence-electron chi connectivity index (χ3n) is 2.27. The highest BCUT2D eigenvalue weighted by molar-refractivity contribution is 5.47. The van der Waals surface area contributed by atoms with E-state index in [0.29, 0.717) is 30.4 Å². The van der Waals surface area contributed by atoms with Gasteiger partial charge in [0.1, 0.15) is 11.5 Å². The van der Waals surface area contributed by atoms with Crippen molar-refractivity contribution in [3.05, 3.63) is 30.0 Å². The van der Waals surface area contributed by atoms with E-state index in [1.54, 1.807) is 0 Å². The van der Waals surface area contributed by atoms with Crippen LogP contribution < -0.4 is 5.73 Å². The Bertz CT molecular complexity index is 469. The molecular weight excluding hydrogens is 223 g/mol. The van der Waals surface area contributed by atoms with Gasteiger partial charge in [0.25, 0.3) is 0 Å². The van der Waals surface area contributed by atoms with Gasteiger partial charge in [0.2, 0.25) is 11.7 Å². The molecule has 17 heavy (non-hydrogen) atoms. The molecule has 2 heterocycles. The largest absolute Gasteiger partial charge is 0.339 e. The van der Waals surface area contributed by atoms with E-state index >= 15 is 0 Å². The lowest BCUT2D eigenvalue weighted by molar-refractivity contribution is 0.375. The molecule has 0 atom stereocenters. The van der Waals surface area contributed by atoms with Gasteiger partial charge >= 0.3 is 0 Å². The van der Waals surface area contributed by atoms with Gasteiger partial charge in [-0.1, -0.05) is 5.16 Å². The van der Waals surface area contributed by atoms with Crippen molar-refractivity contribution in [2.45, 2.75) is 19.3 Å². The Balaban J connectivity index is 2.04. The van der Waals surface area contributed by atoms with Crippen molar-refractivity contribution in [2.75, 3.05) is 6.54 Å². The fourth-order valence-corrected chi connectivity index (χ4v) is 1.39.